The first-order valence-electron chi connectivity index (χ1n) is 5.77. The molecule has 0 bridgehead atoms. The van der Waals surface area contributed by atoms with Crippen LogP contribution in [0.15, 0.2) is 0 Å². The van der Waals surface area contributed by atoms with Gasteiger partial charge in [0.2, 0.25) is 11.8 Å². The van der Waals surface area contributed by atoms with Crippen LogP contribution in [-0.4, -0.2) is 52.6 Å². The molecule has 5 heteroatoms. The summed E-state index contributed by atoms with van der Waals surface area (Å²) in [5.74, 6) is 0.651. The second-order valence-electron chi connectivity index (χ2n) is 4.72. The summed E-state index contributed by atoms with van der Waals surface area (Å²) in [6.07, 6.45) is 1.80. The van der Waals surface area contributed by atoms with Gasteiger partial charge in [-0.05, 0) is 18.8 Å². The van der Waals surface area contributed by atoms with Crippen molar-refractivity contribution in [2.24, 2.45) is 5.92 Å². The van der Waals surface area contributed by atoms with Crippen LogP contribution in [0, 0.1) is 5.92 Å². The zero-order chi connectivity index (χ0) is 11.7. The molecule has 2 atom stereocenters. The standard InChI is InChI=1S/C11H17BrN2O2/c1-8(5-12)6-13-7-10(15)14-4-2-3-9(14)11(13)16/h8-9H,2-7H2,1H3. The van der Waals surface area contributed by atoms with Crippen LogP contribution < -0.4 is 0 Å². The fraction of sp³-hybridized carbons (Fsp3) is 0.818. The Balaban J connectivity index is 2.05. The van der Waals surface area contributed by atoms with Crippen LogP contribution >= 0.6 is 15.9 Å². The highest BCUT2D eigenvalue weighted by atomic mass is 79.9. The van der Waals surface area contributed by atoms with Gasteiger partial charge in [0.25, 0.3) is 0 Å². The molecule has 2 heterocycles. The molecule has 0 aromatic heterocycles. The number of halogens is 1. The van der Waals surface area contributed by atoms with Gasteiger partial charge >= 0.3 is 0 Å². The zero-order valence-corrected chi connectivity index (χ0v) is 11.1. The molecule has 0 aromatic rings. The van der Waals surface area contributed by atoms with Crippen molar-refractivity contribution in [1.29, 1.82) is 0 Å². The van der Waals surface area contributed by atoms with Crippen molar-refractivity contribution in [1.82, 2.24) is 9.80 Å². The predicted molar refractivity (Wildman–Crippen MR) is 64.3 cm³/mol. The SMILES string of the molecule is CC(CBr)CN1CC(=O)N2CCCC2C1=O. The molecule has 0 aliphatic carbocycles. The summed E-state index contributed by atoms with van der Waals surface area (Å²) < 4.78 is 0. The Bertz CT molecular complexity index is 308. The van der Waals surface area contributed by atoms with Crippen molar-refractivity contribution in [3.05, 3.63) is 0 Å². The summed E-state index contributed by atoms with van der Waals surface area (Å²) >= 11 is 3.40. The highest BCUT2D eigenvalue weighted by Gasteiger charge is 2.41. The molecule has 2 amide bonds. The lowest BCUT2D eigenvalue weighted by Gasteiger charge is -2.37. The number of carbonyl (C=O) groups excluding carboxylic acids is 2. The number of hydrogen-bond donors (Lipinski definition) is 0. The maximum absolute atomic E-state index is 12.1. The summed E-state index contributed by atoms with van der Waals surface area (Å²) in [7, 11) is 0. The minimum absolute atomic E-state index is 0.115. The molecule has 0 saturated carbocycles. The van der Waals surface area contributed by atoms with Crippen LogP contribution in [0.2, 0.25) is 0 Å². The average Bonchev–Trinajstić information content (AvgIpc) is 2.74. The molecule has 2 saturated heterocycles. The first kappa shape index (κ1) is 11.9. The number of hydrogen-bond acceptors (Lipinski definition) is 2. The highest BCUT2D eigenvalue weighted by Crippen LogP contribution is 2.24. The minimum Gasteiger partial charge on any atom is -0.331 e. The van der Waals surface area contributed by atoms with E-state index in [1.807, 2.05) is 0 Å². The fourth-order valence-corrected chi connectivity index (χ4v) is 2.65. The molecule has 2 aliphatic heterocycles. The Labute approximate surface area is 104 Å². The van der Waals surface area contributed by atoms with Crippen LogP contribution in [0.5, 0.6) is 0 Å². The third-order valence-electron chi connectivity index (χ3n) is 3.29. The third-order valence-corrected chi connectivity index (χ3v) is 4.40. The van der Waals surface area contributed by atoms with E-state index >= 15 is 0 Å². The maximum Gasteiger partial charge on any atom is 0.245 e. The molecule has 2 unspecified atom stereocenters. The number of fused-ring (bicyclic) bond motifs is 1. The second kappa shape index (κ2) is 4.73. The van der Waals surface area contributed by atoms with Gasteiger partial charge in [-0.3, -0.25) is 9.59 Å². The Kier molecular flexibility index (Phi) is 3.52. The molecule has 2 aliphatic rings. The van der Waals surface area contributed by atoms with Crippen molar-refractivity contribution < 1.29 is 9.59 Å². The van der Waals surface area contributed by atoms with Crippen LogP contribution in [0.4, 0.5) is 0 Å². The molecule has 0 spiro atoms. The summed E-state index contributed by atoms with van der Waals surface area (Å²) in [6.45, 7) is 3.79. The van der Waals surface area contributed by atoms with E-state index in [1.54, 1.807) is 9.80 Å². The maximum atomic E-state index is 12.1. The van der Waals surface area contributed by atoms with Gasteiger partial charge in [0.1, 0.15) is 6.04 Å². The molecular weight excluding hydrogens is 272 g/mol. The van der Waals surface area contributed by atoms with E-state index < -0.39 is 0 Å². The molecule has 90 valence electrons. The number of nitrogens with zero attached hydrogens (tertiary/aromatic N) is 2. The molecule has 0 aromatic carbocycles. The number of rotatable bonds is 3. The zero-order valence-electron chi connectivity index (χ0n) is 9.49. The normalized spacial score (nSPS) is 27.2. The first-order chi connectivity index (χ1) is 7.63. The van der Waals surface area contributed by atoms with E-state index in [0.29, 0.717) is 12.5 Å². The average molecular weight is 289 g/mol. The topological polar surface area (TPSA) is 40.6 Å². The monoisotopic (exact) mass is 288 g/mol. The van der Waals surface area contributed by atoms with E-state index in [0.717, 1.165) is 24.7 Å². The van der Waals surface area contributed by atoms with Gasteiger partial charge < -0.3 is 9.80 Å². The van der Waals surface area contributed by atoms with Crippen molar-refractivity contribution in [2.75, 3.05) is 25.0 Å². The number of amides is 2. The Morgan fingerprint density at radius 1 is 1.50 bits per heavy atom. The van der Waals surface area contributed by atoms with Gasteiger partial charge in [-0.25, -0.2) is 0 Å². The summed E-state index contributed by atoms with van der Waals surface area (Å²) in [6, 6.07) is -0.163. The molecule has 2 fully saturated rings. The van der Waals surface area contributed by atoms with Crippen LogP contribution in [0.3, 0.4) is 0 Å². The lowest BCUT2D eigenvalue weighted by molar-refractivity contribution is -0.153. The lowest BCUT2D eigenvalue weighted by Crippen LogP contribution is -2.58. The van der Waals surface area contributed by atoms with Gasteiger partial charge in [-0.2, -0.15) is 0 Å². The van der Waals surface area contributed by atoms with Crippen molar-refractivity contribution in [3.63, 3.8) is 0 Å². The second-order valence-corrected chi connectivity index (χ2v) is 5.37. The Hall–Kier alpha value is -0.580. The summed E-state index contributed by atoms with van der Waals surface area (Å²) in [5, 5.41) is 0.860. The Morgan fingerprint density at radius 2 is 2.25 bits per heavy atom. The predicted octanol–water partition coefficient (Wildman–Crippen LogP) is 0.851. The van der Waals surface area contributed by atoms with Gasteiger partial charge in [-0.1, -0.05) is 22.9 Å². The molecule has 0 radical (unpaired) electrons. The van der Waals surface area contributed by atoms with Crippen LogP contribution in [0.25, 0.3) is 0 Å². The fourth-order valence-electron chi connectivity index (χ4n) is 2.44. The van der Waals surface area contributed by atoms with Crippen LogP contribution in [-0.2, 0) is 9.59 Å². The highest BCUT2D eigenvalue weighted by molar-refractivity contribution is 9.09. The van der Waals surface area contributed by atoms with Gasteiger partial charge in [0, 0.05) is 18.4 Å². The van der Waals surface area contributed by atoms with E-state index in [-0.39, 0.29) is 24.4 Å². The van der Waals surface area contributed by atoms with E-state index in [2.05, 4.69) is 22.9 Å². The van der Waals surface area contributed by atoms with Gasteiger partial charge in [0.15, 0.2) is 0 Å². The van der Waals surface area contributed by atoms with E-state index in [9.17, 15) is 9.59 Å². The van der Waals surface area contributed by atoms with Gasteiger partial charge in [-0.15, -0.1) is 0 Å². The van der Waals surface area contributed by atoms with E-state index in [4.69, 9.17) is 0 Å². The molecule has 16 heavy (non-hydrogen) atoms. The van der Waals surface area contributed by atoms with Gasteiger partial charge in [0.05, 0.1) is 6.54 Å². The van der Waals surface area contributed by atoms with E-state index in [1.165, 1.54) is 0 Å². The minimum atomic E-state index is -0.163. The van der Waals surface area contributed by atoms with Crippen molar-refractivity contribution >= 4 is 27.7 Å². The lowest BCUT2D eigenvalue weighted by atomic mass is 10.1. The third kappa shape index (κ3) is 2.10. The molecular formula is C11H17BrN2O2. The largest absolute Gasteiger partial charge is 0.331 e. The number of carbonyl (C=O) groups is 2. The molecule has 0 N–H and O–H groups in total. The van der Waals surface area contributed by atoms with Crippen molar-refractivity contribution in [3.8, 4) is 0 Å². The number of alkyl halides is 1. The Morgan fingerprint density at radius 3 is 2.94 bits per heavy atom. The van der Waals surface area contributed by atoms with Crippen molar-refractivity contribution in [2.45, 2.75) is 25.8 Å². The quantitative estimate of drug-likeness (QED) is 0.723. The molecule has 2 rings (SSSR count). The smallest absolute Gasteiger partial charge is 0.245 e. The molecule has 4 nitrogen and oxygen atoms in total. The summed E-state index contributed by atoms with van der Waals surface area (Å²) in [4.78, 5) is 27.4. The van der Waals surface area contributed by atoms with Crippen LogP contribution in [0.1, 0.15) is 19.8 Å². The summed E-state index contributed by atoms with van der Waals surface area (Å²) in [5.41, 5.74) is 0. The first-order valence-corrected chi connectivity index (χ1v) is 6.90. The number of piperazine rings is 1.